The summed E-state index contributed by atoms with van der Waals surface area (Å²) in [4.78, 5) is 11.2. The number of rotatable bonds is 4. The van der Waals surface area contributed by atoms with Gasteiger partial charge in [0.1, 0.15) is 5.75 Å². The fourth-order valence-corrected chi connectivity index (χ4v) is 2.03. The SMILES string of the molecule is Cc1cc(CCC2(C(N)=O)CC2)ccc1O. The summed E-state index contributed by atoms with van der Waals surface area (Å²) in [5.41, 5.74) is 7.17. The van der Waals surface area contributed by atoms with Crippen LogP contribution in [0.5, 0.6) is 5.75 Å². The van der Waals surface area contributed by atoms with Gasteiger partial charge < -0.3 is 10.8 Å². The molecule has 1 fully saturated rings. The second-order valence-corrected chi connectivity index (χ2v) is 4.77. The molecule has 1 aromatic rings. The highest BCUT2D eigenvalue weighted by Crippen LogP contribution is 2.49. The van der Waals surface area contributed by atoms with Crippen LogP contribution >= 0.6 is 0 Å². The van der Waals surface area contributed by atoms with Crippen LogP contribution in [0, 0.1) is 12.3 Å². The Kier molecular flexibility index (Phi) is 2.62. The van der Waals surface area contributed by atoms with Gasteiger partial charge in [0.2, 0.25) is 5.91 Å². The minimum atomic E-state index is -0.230. The van der Waals surface area contributed by atoms with Gasteiger partial charge in [-0.3, -0.25) is 4.79 Å². The molecule has 0 unspecified atom stereocenters. The van der Waals surface area contributed by atoms with Crippen molar-refractivity contribution in [3.63, 3.8) is 0 Å². The van der Waals surface area contributed by atoms with Crippen LogP contribution < -0.4 is 5.73 Å². The zero-order valence-electron chi connectivity index (χ0n) is 9.49. The maximum Gasteiger partial charge on any atom is 0.223 e. The van der Waals surface area contributed by atoms with E-state index in [1.54, 1.807) is 6.07 Å². The quantitative estimate of drug-likeness (QED) is 0.812. The molecule has 0 radical (unpaired) electrons. The smallest absolute Gasteiger partial charge is 0.223 e. The van der Waals surface area contributed by atoms with E-state index in [4.69, 9.17) is 5.73 Å². The van der Waals surface area contributed by atoms with E-state index >= 15 is 0 Å². The molecule has 3 nitrogen and oxygen atoms in total. The van der Waals surface area contributed by atoms with Crippen molar-refractivity contribution in [3.8, 4) is 5.75 Å². The molecule has 1 aromatic carbocycles. The van der Waals surface area contributed by atoms with Crippen LogP contribution in [-0.4, -0.2) is 11.0 Å². The minimum Gasteiger partial charge on any atom is -0.508 e. The number of carbonyl (C=O) groups is 1. The van der Waals surface area contributed by atoms with Gasteiger partial charge in [-0.1, -0.05) is 12.1 Å². The number of hydrogen-bond acceptors (Lipinski definition) is 2. The lowest BCUT2D eigenvalue weighted by atomic mass is 9.95. The van der Waals surface area contributed by atoms with E-state index in [-0.39, 0.29) is 11.3 Å². The van der Waals surface area contributed by atoms with Crippen molar-refractivity contribution in [2.45, 2.75) is 32.6 Å². The highest BCUT2D eigenvalue weighted by atomic mass is 16.3. The topological polar surface area (TPSA) is 63.3 Å². The first kappa shape index (κ1) is 11.0. The molecule has 0 bridgehead atoms. The van der Waals surface area contributed by atoms with Crippen molar-refractivity contribution < 1.29 is 9.90 Å². The number of carbonyl (C=O) groups excluding carboxylic acids is 1. The first-order chi connectivity index (χ1) is 7.53. The molecule has 16 heavy (non-hydrogen) atoms. The summed E-state index contributed by atoms with van der Waals surface area (Å²) in [5.74, 6) is 0.155. The minimum absolute atomic E-state index is 0.164. The highest BCUT2D eigenvalue weighted by Gasteiger charge is 2.47. The van der Waals surface area contributed by atoms with Gasteiger partial charge in [-0.05, 0) is 49.8 Å². The number of primary amides is 1. The van der Waals surface area contributed by atoms with Crippen molar-refractivity contribution in [2.24, 2.45) is 11.1 Å². The Balaban J connectivity index is 2.00. The maximum atomic E-state index is 11.2. The predicted molar refractivity (Wildman–Crippen MR) is 62.0 cm³/mol. The number of benzene rings is 1. The van der Waals surface area contributed by atoms with Crippen LogP contribution in [0.4, 0.5) is 0 Å². The molecule has 0 saturated heterocycles. The Bertz CT molecular complexity index is 422. The summed E-state index contributed by atoms with van der Waals surface area (Å²) in [6, 6.07) is 5.57. The monoisotopic (exact) mass is 219 g/mol. The molecule has 0 spiro atoms. The van der Waals surface area contributed by atoms with Gasteiger partial charge in [0.25, 0.3) is 0 Å². The van der Waals surface area contributed by atoms with Crippen molar-refractivity contribution in [1.29, 1.82) is 0 Å². The summed E-state index contributed by atoms with van der Waals surface area (Å²) < 4.78 is 0. The van der Waals surface area contributed by atoms with Gasteiger partial charge in [0.05, 0.1) is 0 Å². The van der Waals surface area contributed by atoms with Crippen LogP contribution in [0.1, 0.15) is 30.4 Å². The molecule has 2 rings (SSSR count). The Hall–Kier alpha value is -1.51. The fraction of sp³-hybridized carbons (Fsp3) is 0.462. The number of aromatic hydroxyl groups is 1. The first-order valence-corrected chi connectivity index (χ1v) is 5.62. The van der Waals surface area contributed by atoms with E-state index in [1.165, 1.54) is 0 Å². The zero-order valence-corrected chi connectivity index (χ0v) is 9.49. The molecule has 0 aliphatic heterocycles. The number of phenolic OH excluding ortho intramolecular Hbond substituents is 1. The maximum absolute atomic E-state index is 11.2. The standard InChI is InChI=1S/C13H17NO2/c1-9-8-10(2-3-11(9)15)4-5-13(6-7-13)12(14)16/h2-3,8,15H,4-7H2,1H3,(H2,14,16). The molecule has 3 heteroatoms. The van der Waals surface area contributed by atoms with Gasteiger partial charge in [-0.2, -0.15) is 0 Å². The van der Waals surface area contributed by atoms with Crippen LogP contribution in [-0.2, 0) is 11.2 Å². The van der Waals surface area contributed by atoms with E-state index in [1.807, 2.05) is 19.1 Å². The van der Waals surface area contributed by atoms with Crippen LogP contribution in [0.3, 0.4) is 0 Å². The van der Waals surface area contributed by atoms with Crippen molar-refractivity contribution in [3.05, 3.63) is 29.3 Å². The summed E-state index contributed by atoms with van der Waals surface area (Å²) in [7, 11) is 0. The number of phenols is 1. The summed E-state index contributed by atoms with van der Waals surface area (Å²) >= 11 is 0. The number of nitrogens with two attached hydrogens (primary N) is 1. The van der Waals surface area contributed by atoms with Gasteiger partial charge in [-0.15, -0.1) is 0 Å². The number of amides is 1. The van der Waals surface area contributed by atoms with E-state index < -0.39 is 0 Å². The highest BCUT2D eigenvalue weighted by molar-refractivity contribution is 5.83. The van der Waals surface area contributed by atoms with E-state index in [2.05, 4.69) is 0 Å². The largest absolute Gasteiger partial charge is 0.508 e. The van der Waals surface area contributed by atoms with Gasteiger partial charge in [-0.25, -0.2) is 0 Å². The Labute approximate surface area is 95.3 Å². The Morgan fingerprint density at radius 3 is 2.69 bits per heavy atom. The summed E-state index contributed by atoms with van der Waals surface area (Å²) in [6.45, 7) is 1.87. The van der Waals surface area contributed by atoms with Gasteiger partial charge in [0, 0.05) is 5.41 Å². The molecule has 0 aromatic heterocycles. The number of hydrogen-bond donors (Lipinski definition) is 2. The molecule has 0 atom stereocenters. The summed E-state index contributed by atoms with van der Waals surface area (Å²) in [5, 5.41) is 9.40. The molecular weight excluding hydrogens is 202 g/mol. The number of aryl methyl sites for hydroxylation is 2. The van der Waals surface area contributed by atoms with Crippen molar-refractivity contribution in [2.75, 3.05) is 0 Å². The second-order valence-electron chi connectivity index (χ2n) is 4.77. The van der Waals surface area contributed by atoms with Crippen LogP contribution in [0.2, 0.25) is 0 Å². The molecule has 1 amide bonds. The van der Waals surface area contributed by atoms with Crippen molar-refractivity contribution in [1.82, 2.24) is 0 Å². The third-order valence-electron chi connectivity index (χ3n) is 3.53. The lowest BCUT2D eigenvalue weighted by molar-refractivity contribution is -0.123. The zero-order chi connectivity index (χ0) is 11.8. The molecule has 86 valence electrons. The van der Waals surface area contributed by atoms with Crippen LogP contribution in [0.25, 0.3) is 0 Å². The Morgan fingerprint density at radius 1 is 1.50 bits per heavy atom. The second kappa shape index (κ2) is 3.81. The Morgan fingerprint density at radius 2 is 2.19 bits per heavy atom. The van der Waals surface area contributed by atoms with E-state index in [0.717, 1.165) is 36.8 Å². The fourth-order valence-electron chi connectivity index (χ4n) is 2.03. The average Bonchev–Trinajstić information content (AvgIpc) is 3.01. The molecule has 1 aliphatic carbocycles. The molecule has 0 heterocycles. The van der Waals surface area contributed by atoms with Crippen molar-refractivity contribution >= 4 is 5.91 Å². The summed E-state index contributed by atoms with van der Waals surface area (Å²) in [6.07, 6.45) is 3.54. The third kappa shape index (κ3) is 2.03. The molecule has 3 N–H and O–H groups in total. The van der Waals surface area contributed by atoms with E-state index in [9.17, 15) is 9.90 Å². The predicted octanol–water partition coefficient (Wildman–Crippen LogP) is 1.90. The molecule has 1 aliphatic rings. The average molecular weight is 219 g/mol. The van der Waals surface area contributed by atoms with Gasteiger partial charge in [0.15, 0.2) is 0 Å². The van der Waals surface area contributed by atoms with Gasteiger partial charge >= 0.3 is 0 Å². The van der Waals surface area contributed by atoms with Crippen LogP contribution in [0.15, 0.2) is 18.2 Å². The first-order valence-electron chi connectivity index (χ1n) is 5.62. The van der Waals surface area contributed by atoms with E-state index in [0.29, 0.717) is 5.75 Å². The molecule has 1 saturated carbocycles. The lowest BCUT2D eigenvalue weighted by Gasteiger charge is -2.10. The lowest BCUT2D eigenvalue weighted by Crippen LogP contribution is -2.25. The molecular formula is C13H17NO2. The third-order valence-corrected chi connectivity index (χ3v) is 3.53. The normalized spacial score (nSPS) is 17.1.